The fraction of sp³-hybridized carbons (Fsp3) is 0.864. The molecule has 3 aliphatic rings. The lowest BCUT2D eigenvalue weighted by atomic mass is 9.96. The summed E-state index contributed by atoms with van der Waals surface area (Å²) >= 11 is 0. The number of hydrogen-bond acceptors (Lipinski definition) is 18. The van der Waals surface area contributed by atoms with Crippen molar-refractivity contribution in [2.24, 2.45) is 0 Å². The Morgan fingerprint density at radius 3 is 1.25 bits per heavy atom. The zero-order valence-corrected chi connectivity index (χ0v) is 52.1. The lowest BCUT2D eigenvalue weighted by Gasteiger charge is -2.48. The van der Waals surface area contributed by atoms with Crippen LogP contribution in [-0.4, -0.2) is 193 Å². The van der Waals surface area contributed by atoms with Gasteiger partial charge in [-0.2, -0.15) is 0 Å². The molecule has 3 heterocycles. The predicted octanol–water partition coefficient (Wildman–Crippen LogP) is 7.83. The molecule has 0 aromatic carbocycles. The van der Waals surface area contributed by atoms with Crippen molar-refractivity contribution in [1.82, 2.24) is 5.32 Å². The summed E-state index contributed by atoms with van der Waals surface area (Å²) in [5, 5.41) is 120. The molecule has 85 heavy (non-hydrogen) atoms. The molecular weight excluding hydrogens is 1090 g/mol. The summed E-state index contributed by atoms with van der Waals surface area (Å²) in [6.07, 6.45) is 29.4. The van der Waals surface area contributed by atoms with Crippen LogP contribution in [-0.2, 0) is 33.2 Å². The number of aliphatic hydroxyl groups excluding tert-OH is 11. The normalized spacial score (nSPS) is 29.3. The molecular formula is C66H119NO18. The van der Waals surface area contributed by atoms with Gasteiger partial charge in [0.05, 0.1) is 38.6 Å². The summed E-state index contributed by atoms with van der Waals surface area (Å²) in [6.45, 7) is 1.70. The van der Waals surface area contributed by atoms with Crippen LogP contribution in [0.5, 0.6) is 0 Å². The summed E-state index contributed by atoms with van der Waals surface area (Å²) in [4.78, 5) is 13.4. The van der Waals surface area contributed by atoms with E-state index in [-0.39, 0.29) is 18.9 Å². The maximum absolute atomic E-state index is 13.4. The van der Waals surface area contributed by atoms with E-state index in [4.69, 9.17) is 28.4 Å². The fourth-order valence-electron chi connectivity index (χ4n) is 11.1. The van der Waals surface area contributed by atoms with Crippen LogP contribution in [0.25, 0.3) is 0 Å². The summed E-state index contributed by atoms with van der Waals surface area (Å²) < 4.78 is 34.3. The van der Waals surface area contributed by atoms with Crippen molar-refractivity contribution in [2.45, 2.75) is 336 Å². The average molecular weight is 1210 g/mol. The second-order valence-electron chi connectivity index (χ2n) is 23.9. The van der Waals surface area contributed by atoms with Crippen LogP contribution in [0.4, 0.5) is 0 Å². The third-order valence-corrected chi connectivity index (χ3v) is 16.6. The summed E-state index contributed by atoms with van der Waals surface area (Å²) in [5.41, 5.74) is 0. The Kier molecular flexibility index (Phi) is 44.0. The number of carbonyl (C=O) groups is 1. The molecule has 3 fully saturated rings. The van der Waals surface area contributed by atoms with Crippen LogP contribution in [0, 0.1) is 0 Å². The molecule has 0 aromatic rings. The van der Waals surface area contributed by atoms with Crippen molar-refractivity contribution in [3.05, 3.63) is 48.6 Å². The standard InChI is InChI=1S/C66H119NO18/c1-3-5-7-9-11-13-15-17-19-21-23-24-26-28-30-32-34-36-38-40-42-44-54(72)67-49(50(71)43-41-39-37-35-33-31-29-27-25-22-20-18-16-14-12-10-8-6-4-2)48-80-64-60(78)57(75)62(52(46-69)82-64)85-66-61(79)58(76)63(53(47-70)83-66)84-65-59(77)56(74)55(73)51(45-68)81-65/h15,17,21,23,33,35,41,43,49-53,55-66,68-71,73-79H,3-14,16,18-20,22,24-32,34,36-40,42,44-48H2,1-2H3,(H,67,72)/b17-15-,23-21-,35-33+,43-41+. The van der Waals surface area contributed by atoms with Gasteiger partial charge in [-0.05, 0) is 64.2 Å². The van der Waals surface area contributed by atoms with Crippen LogP contribution in [0.1, 0.15) is 232 Å². The topological polar surface area (TPSA) is 307 Å². The molecule has 3 saturated heterocycles. The van der Waals surface area contributed by atoms with Crippen LogP contribution in [0.3, 0.4) is 0 Å². The van der Waals surface area contributed by atoms with Gasteiger partial charge in [0.1, 0.15) is 73.2 Å². The second kappa shape index (κ2) is 48.6. The van der Waals surface area contributed by atoms with Crippen LogP contribution in [0.15, 0.2) is 48.6 Å². The largest absolute Gasteiger partial charge is 0.394 e. The Morgan fingerprint density at radius 2 is 0.788 bits per heavy atom. The molecule has 3 rings (SSSR count). The lowest BCUT2D eigenvalue weighted by Crippen LogP contribution is -2.66. The van der Waals surface area contributed by atoms with Gasteiger partial charge < -0.3 is 89.9 Å². The first-order chi connectivity index (χ1) is 41.3. The Morgan fingerprint density at radius 1 is 0.424 bits per heavy atom. The van der Waals surface area contributed by atoms with Crippen molar-refractivity contribution in [3.8, 4) is 0 Å². The highest BCUT2D eigenvalue weighted by molar-refractivity contribution is 5.76. The van der Waals surface area contributed by atoms with Gasteiger partial charge in [0, 0.05) is 6.42 Å². The van der Waals surface area contributed by atoms with Gasteiger partial charge in [-0.25, -0.2) is 0 Å². The van der Waals surface area contributed by atoms with E-state index in [1.807, 2.05) is 6.08 Å². The van der Waals surface area contributed by atoms with E-state index < -0.39 is 124 Å². The van der Waals surface area contributed by atoms with E-state index in [0.717, 1.165) is 57.8 Å². The number of carbonyl (C=O) groups excluding carboxylic acids is 1. The van der Waals surface area contributed by atoms with E-state index >= 15 is 0 Å². The van der Waals surface area contributed by atoms with Gasteiger partial charge >= 0.3 is 0 Å². The first kappa shape index (κ1) is 77.0. The number of amides is 1. The van der Waals surface area contributed by atoms with Crippen molar-refractivity contribution in [2.75, 3.05) is 26.4 Å². The van der Waals surface area contributed by atoms with Crippen LogP contribution >= 0.6 is 0 Å². The Hall–Kier alpha value is -2.25. The molecule has 19 nitrogen and oxygen atoms in total. The van der Waals surface area contributed by atoms with Crippen molar-refractivity contribution >= 4 is 5.91 Å². The molecule has 0 bridgehead atoms. The van der Waals surface area contributed by atoms with Crippen molar-refractivity contribution < 1.29 is 89.4 Å². The van der Waals surface area contributed by atoms with Gasteiger partial charge in [0.15, 0.2) is 18.9 Å². The predicted molar refractivity (Wildman–Crippen MR) is 328 cm³/mol. The van der Waals surface area contributed by atoms with E-state index in [9.17, 15) is 61.0 Å². The third kappa shape index (κ3) is 31.4. The highest BCUT2D eigenvalue weighted by Gasteiger charge is 2.53. The number of allylic oxidation sites excluding steroid dienone is 7. The molecule has 12 N–H and O–H groups in total. The number of rotatable bonds is 50. The van der Waals surface area contributed by atoms with Gasteiger partial charge in [-0.15, -0.1) is 0 Å². The minimum absolute atomic E-state index is 0.230. The minimum atomic E-state index is -1.98. The molecule has 17 unspecified atom stereocenters. The number of nitrogens with one attached hydrogen (secondary N) is 1. The molecule has 0 aromatic heterocycles. The molecule has 0 saturated carbocycles. The maximum atomic E-state index is 13.4. The maximum Gasteiger partial charge on any atom is 0.220 e. The first-order valence-corrected chi connectivity index (χ1v) is 33.4. The van der Waals surface area contributed by atoms with Gasteiger partial charge in [-0.1, -0.05) is 210 Å². The minimum Gasteiger partial charge on any atom is -0.394 e. The number of aliphatic hydroxyl groups is 11. The molecule has 0 radical (unpaired) electrons. The van der Waals surface area contributed by atoms with E-state index in [2.05, 4.69) is 55.6 Å². The molecule has 0 spiro atoms. The first-order valence-electron chi connectivity index (χ1n) is 33.4. The van der Waals surface area contributed by atoms with E-state index in [1.165, 1.54) is 141 Å². The van der Waals surface area contributed by atoms with Crippen molar-refractivity contribution in [1.29, 1.82) is 0 Å². The fourth-order valence-corrected chi connectivity index (χ4v) is 11.1. The second-order valence-corrected chi connectivity index (χ2v) is 23.9. The zero-order valence-electron chi connectivity index (χ0n) is 52.1. The molecule has 19 heteroatoms. The monoisotopic (exact) mass is 1210 g/mol. The number of hydrogen-bond donors (Lipinski definition) is 12. The smallest absolute Gasteiger partial charge is 0.220 e. The van der Waals surface area contributed by atoms with Gasteiger partial charge in [0.25, 0.3) is 0 Å². The Labute approximate surface area is 510 Å². The molecule has 3 aliphatic heterocycles. The zero-order chi connectivity index (χ0) is 61.9. The summed E-state index contributed by atoms with van der Waals surface area (Å²) in [5.74, 6) is -0.290. The molecule has 496 valence electrons. The lowest BCUT2D eigenvalue weighted by molar-refractivity contribution is -0.379. The molecule has 1 amide bonds. The van der Waals surface area contributed by atoms with E-state index in [1.54, 1.807) is 6.08 Å². The van der Waals surface area contributed by atoms with E-state index in [0.29, 0.717) is 12.8 Å². The quantitative estimate of drug-likeness (QED) is 0.0204. The summed E-state index contributed by atoms with van der Waals surface area (Å²) in [7, 11) is 0. The summed E-state index contributed by atoms with van der Waals surface area (Å²) in [6, 6.07) is -0.993. The SMILES string of the molecule is CCCCCCC/C=C\C/C=C\CCCCCCCCCCCC(=O)NC(COC1OC(CO)C(OC2OC(CO)C(OC3OC(CO)C(O)C(O)C3O)C(O)C2O)C(O)C1O)C(O)/C=C/CC/C=C/CCCCCCCCCCCCCCC. The average Bonchev–Trinajstić information content (AvgIpc) is 3.10. The van der Waals surface area contributed by atoms with Crippen molar-refractivity contribution in [3.63, 3.8) is 0 Å². The van der Waals surface area contributed by atoms with Crippen LogP contribution < -0.4 is 5.32 Å². The highest BCUT2D eigenvalue weighted by Crippen LogP contribution is 2.33. The number of ether oxygens (including phenoxy) is 6. The van der Waals surface area contributed by atoms with Gasteiger partial charge in [-0.3, -0.25) is 4.79 Å². The Balaban J connectivity index is 1.48. The molecule has 17 atom stereocenters. The Bertz CT molecular complexity index is 1740. The third-order valence-electron chi connectivity index (χ3n) is 16.6. The van der Waals surface area contributed by atoms with Crippen LogP contribution in [0.2, 0.25) is 0 Å². The van der Waals surface area contributed by atoms with Gasteiger partial charge in [0.2, 0.25) is 5.91 Å². The highest BCUT2D eigenvalue weighted by atomic mass is 16.8. The number of unbranched alkanes of at least 4 members (excludes halogenated alkanes) is 28. The molecule has 0 aliphatic carbocycles.